The second-order valence-electron chi connectivity index (χ2n) is 3.65. The number of aliphatic hydroxyl groups excluding tert-OH is 1. The summed E-state index contributed by atoms with van der Waals surface area (Å²) >= 11 is 7.87. The summed E-state index contributed by atoms with van der Waals surface area (Å²) in [5.74, 6) is -0.453. The Morgan fingerprint density at radius 3 is 1.80 bits per heavy atom. The summed E-state index contributed by atoms with van der Waals surface area (Å²) in [5.41, 5.74) is 0.364. The van der Waals surface area contributed by atoms with Crippen molar-refractivity contribution in [3.05, 3.63) is 9.81 Å². The maximum absolute atomic E-state index is 11.4. The van der Waals surface area contributed by atoms with E-state index in [-0.39, 0.29) is 13.2 Å². The number of esters is 1. The van der Waals surface area contributed by atoms with Gasteiger partial charge in [-0.25, -0.2) is 4.79 Å². The molecule has 6 nitrogen and oxygen atoms in total. The lowest BCUT2D eigenvalue weighted by Gasteiger charge is -2.07. The zero-order valence-electron chi connectivity index (χ0n) is 11.5. The second kappa shape index (κ2) is 13.7. The van der Waals surface area contributed by atoms with Crippen LogP contribution in [0.2, 0.25) is 0 Å². The van der Waals surface area contributed by atoms with E-state index in [1.807, 2.05) is 0 Å². The molecule has 118 valence electrons. The van der Waals surface area contributed by atoms with Gasteiger partial charge in [0.1, 0.15) is 6.61 Å². The number of hydrogen-bond acceptors (Lipinski definition) is 8. The first kappa shape index (κ1) is 19.8. The third-order valence-corrected chi connectivity index (χ3v) is 2.75. The van der Waals surface area contributed by atoms with Crippen LogP contribution in [0.5, 0.6) is 0 Å². The molecule has 0 aromatic rings. The van der Waals surface area contributed by atoms with E-state index in [1.54, 1.807) is 6.92 Å². The van der Waals surface area contributed by atoms with Crippen molar-refractivity contribution in [3.8, 4) is 0 Å². The number of hydrogen-bond donors (Lipinski definition) is 3. The zero-order valence-corrected chi connectivity index (χ0v) is 13.3. The van der Waals surface area contributed by atoms with Crippen molar-refractivity contribution in [1.82, 2.24) is 0 Å². The minimum atomic E-state index is -0.453. The Bertz CT molecular complexity index is 292. The standard InChI is InChI=1S/C12H22O6S2/c1-10(12(19)20)11(14)18-9-8-17-7-6-16-5-4-15-3-2-13/h13,19-20H,2-9H2,1H3. The molecule has 0 spiro atoms. The quantitative estimate of drug-likeness (QED) is 0.212. The molecule has 1 N–H and O–H groups in total. The van der Waals surface area contributed by atoms with Crippen molar-refractivity contribution in [2.75, 3.05) is 52.9 Å². The monoisotopic (exact) mass is 326 g/mol. The van der Waals surface area contributed by atoms with Crippen LogP contribution in [-0.4, -0.2) is 63.9 Å². The minimum absolute atomic E-state index is 0.0123. The maximum atomic E-state index is 11.4. The molecule has 0 saturated carbocycles. The topological polar surface area (TPSA) is 74.2 Å². The van der Waals surface area contributed by atoms with E-state index < -0.39 is 5.97 Å². The maximum Gasteiger partial charge on any atom is 0.335 e. The Morgan fingerprint density at radius 2 is 1.35 bits per heavy atom. The molecule has 0 bridgehead atoms. The smallest absolute Gasteiger partial charge is 0.335 e. The highest BCUT2D eigenvalue weighted by molar-refractivity contribution is 8.05. The molecular weight excluding hydrogens is 304 g/mol. The summed E-state index contributed by atoms with van der Waals surface area (Å²) < 4.78 is 20.7. The van der Waals surface area contributed by atoms with E-state index >= 15 is 0 Å². The molecule has 0 aliphatic heterocycles. The SMILES string of the molecule is CC(C(=O)OCCOCCOCCOCCO)=C(S)S. The van der Waals surface area contributed by atoms with Crippen molar-refractivity contribution in [2.45, 2.75) is 6.92 Å². The number of thiol groups is 2. The molecule has 20 heavy (non-hydrogen) atoms. The van der Waals surface area contributed by atoms with Crippen molar-refractivity contribution >= 4 is 31.2 Å². The van der Waals surface area contributed by atoms with Crippen molar-refractivity contribution in [1.29, 1.82) is 0 Å². The van der Waals surface area contributed by atoms with Crippen LogP contribution < -0.4 is 0 Å². The van der Waals surface area contributed by atoms with E-state index in [0.717, 1.165) is 0 Å². The first-order valence-electron chi connectivity index (χ1n) is 6.19. The molecule has 0 rings (SSSR count). The molecule has 0 aliphatic carbocycles. The van der Waals surface area contributed by atoms with Crippen LogP contribution in [0.15, 0.2) is 9.81 Å². The van der Waals surface area contributed by atoms with Crippen LogP contribution in [0.1, 0.15) is 6.92 Å². The molecule has 0 amide bonds. The lowest BCUT2D eigenvalue weighted by atomic mass is 10.4. The molecule has 0 aromatic carbocycles. The van der Waals surface area contributed by atoms with E-state index in [2.05, 4.69) is 25.3 Å². The second-order valence-corrected chi connectivity index (χ2v) is 4.89. The molecule has 0 aliphatic rings. The minimum Gasteiger partial charge on any atom is -0.460 e. The molecule has 8 heteroatoms. The zero-order chi connectivity index (χ0) is 15.2. The third-order valence-electron chi connectivity index (χ3n) is 2.08. The first-order valence-corrected chi connectivity index (χ1v) is 7.09. The van der Waals surface area contributed by atoms with Crippen molar-refractivity contribution in [2.24, 2.45) is 0 Å². The Morgan fingerprint density at radius 1 is 0.900 bits per heavy atom. The molecule has 0 fully saturated rings. The third kappa shape index (κ3) is 11.6. The summed E-state index contributed by atoms with van der Waals surface area (Å²) in [6, 6.07) is 0. The molecule has 0 radical (unpaired) electrons. The van der Waals surface area contributed by atoms with Crippen LogP contribution in [-0.2, 0) is 23.7 Å². The largest absolute Gasteiger partial charge is 0.460 e. The molecular formula is C12H22O6S2. The highest BCUT2D eigenvalue weighted by Gasteiger charge is 2.07. The van der Waals surface area contributed by atoms with Crippen molar-refractivity contribution in [3.63, 3.8) is 0 Å². The number of rotatable bonds is 12. The molecule has 0 unspecified atom stereocenters. The normalized spacial score (nSPS) is 10.4. The van der Waals surface area contributed by atoms with E-state index in [4.69, 9.17) is 24.1 Å². The molecule has 0 saturated heterocycles. The lowest BCUT2D eigenvalue weighted by molar-refractivity contribution is -0.140. The van der Waals surface area contributed by atoms with Crippen LogP contribution >= 0.6 is 25.3 Å². The number of carbonyl (C=O) groups excluding carboxylic acids is 1. The Hall–Kier alpha value is -0.250. The van der Waals surface area contributed by atoms with Crippen molar-refractivity contribution < 1.29 is 28.8 Å². The molecule has 0 aromatic heterocycles. The summed E-state index contributed by atoms with van der Waals surface area (Å²) in [7, 11) is 0. The Labute approximate surface area is 130 Å². The van der Waals surface area contributed by atoms with Gasteiger partial charge in [-0.15, -0.1) is 25.3 Å². The van der Waals surface area contributed by atoms with Crippen LogP contribution in [0.4, 0.5) is 0 Å². The Kier molecular flexibility index (Phi) is 13.5. The van der Waals surface area contributed by atoms with E-state index in [9.17, 15) is 4.79 Å². The average Bonchev–Trinajstić information content (AvgIpc) is 2.43. The first-order chi connectivity index (χ1) is 9.59. The average molecular weight is 326 g/mol. The lowest BCUT2D eigenvalue weighted by Crippen LogP contribution is -2.14. The van der Waals surface area contributed by atoms with Gasteiger partial charge in [0.15, 0.2) is 0 Å². The summed E-state index contributed by atoms with van der Waals surface area (Å²) in [5, 5.41) is 8.46. The highest BCUT2D eigenvalue weighted by Crippen LogP contribution is 2.13. The fourth-order valence-electron chi connectivity index (χ4n) is 0.999. The predicted octanol–water partition coefficient (Wildman–Crippen LogP) is 0.663. The van der Waals surface area contributed by atoms with Crippen LogP contribution in [0, 0.1) is 0 Å². The van der Waals surface area contributed by atoms with Gasteiger partial charge in [-0.05, 0) is 6.92 Å². The fourth-order valence-corrected chi connectivity index (χ4v) is 1.18. The van der Waals surface area contributed by atoms with Gasteiger partial charge < -0.3 is 24.1 Å². The van der Waals surface area contributed by atoms with Gasteiger partial charge in [0.05, 0.1) is 51.8 Å². The van der Waals surface area contributed by atoms with Crippen LogP contribution in [0.3, 0.4) is 0 Å². The number of ether oxygens (including phenoxy) is 4. The van der Waals surface area contributed by atoms with Gasteiger partial charge >= 0.3 is 5.97 Å². The van der Waals surface area contributed by atoms with Crippen LogP contribution in [0.25, 0.3) is 0 Å². The van der Waals surface area contributed by atoms with E-state index in [0.29, 0.717) is 49.5 Å². The summed E-state index contributed by atoms with van der Waals surface area (Å²) in [6.07, 6.45) is 0. The van der Waals surface area contributed by atoms with Gasteiger partial charge in [0, 0.05) is 4.24 Å². The van der Waals surface area contributed by atoms with Gasteiger partial charge in [0.25, 0.3) is 0 Å². The van der Waals surface area contributed by atoms with Gasteiger partial charge in [-0.3, -0.25) is 0 Å². The highest BCUT2D eigenvalue weighted by atomic mass is 32.2. The summed E-state index contributed by atoms with van der Waals surface area (Å²) in [4.78, 5) is 11.4. The van der Waals surface area contributed by atoms with Gasteiger partial charge in [0.2, 0.25) is 0 Å². The fraction of sp³-hybridized carbons (Fsp3) is 0.750. The summed E-state index contributed by atoms with van der Waals surface area (Å²) in [6.45, 7) is 4.14. The van der Waals surface area contributed by atoms with Gasteiger partial charge in [-0.1, -0.05) is 0 Å². The predicted molar refractivity (Wildman–Crippen MR) is 81.2 cm³/mol. The molecule has 0 heterocycles. The Balaban J connectivity index is 3.29. The van der Waals surface area contributed by atoms with Gasteiger partial charge in [-0.2, -0.15) is 0 Å². The number of aliphatic hydroxyl groups is 1. The van der Waals surface area contributed by atoms with E-state index in [1.165, 1.54) is 0 Å². The molecule has 0 atom stereocenters. The number of carbonyl (C=O) groups is 1.